The first-order valence-corrected chi connectivity index (χ1v) is 8.63. The minimum atomic E-state index is 0.217. The van der Waals surface area contributed by atoms with Crippen molar-refractivity contribution in [2.75, 3.05) is 11.5 Å². The van der Waals surface area contributed by atoms with Crippen molar-refractivity contribution < 1.29 is 21.5 Å². The van der Waals surface area contributed by atoms with Crippen LogP contribution in [0.3, 0.4) is 0 Å². The molecule has 0 aliphatic carbocycles. The van der Waals surface area contributed by atoms with Crippen LogP contribution in [0.5, 0.6) is 0 Å². The van der Waals surface area contributed by atoms with Crippen LogP contribution < -0.4 is 21.5 Å². The van der Waals surface area contributed by atoms with E-state index < -0.39 is 0 Å². The molecule has 0 N–H and O–H groups in total. The van der Waals surface area contributed by atoms with Crippen LogP contribution >= 0.6 is 0 Å². The Kier molecular flexibility index (Phi) is 6.25. The van der Waals surface area contributed by atoms with E-state index in [1.165, 1.54) is 18.5 Å². The Morgan fingerprint density at radius 3 is 2.40 bits per heavy atom. The van der Waals surface area contributed by atoms with Crippen molar-refractivity contribution in [1.29, 1.82) is 0 Å². The van der Waals surface area contributed by atoms with Crippen LogP contribution in [0.2, 0.25) is 0 Å². The summed E-state index contributed by atoms with van der Waals surface area (Å²) in [5.41, 5.74) is 1.45. The summed E-state index contributed by atoms with van der Waals surface area (Å²) in [6.07, 6.45) is 1.32. The van der Waals surface area contributed by atoms with Crippen LogP contribution in [0.15, 0.2) is 30.3 Å². The molecule has 0 atom stereocenters. The SMILES string of the molecule is C[I-]N(CCC(C)C)Cc1ccccc1. The number of benzene rings is 1. The van der Waals surface area contributed by atoms with Gasteiger partial charge in [-0.05, 0) is 0 Å². The van der Waals surface area contributed by atoms with Crippen molar-refractivity contribution >= 4 is 0 Å². The van der Waals surface area contributed by atoms with Crippen molar-refractivity contribution in [2.24, 2.45) is 5.92 Å². The molecule has 0 heterocycles. The maximum absolute atomic E-state index is 2.62. The van der Waals surface area contributed by atoms with Gasteiger partial charge in [-0.2, -0.15) is 0 Å². The van der Waals surface area contributed by atoms with E-state index in [1.54, 1.807) is 0 Å². The van der Waals surface area contributed by atoms with Gasteiger partial charge in [0.25, 0.3) is 0 Å². The van der Waals surface area contributed by atoms with Crippen LogP contribution in [0.1, 0.15) is 25.8 Å². The van der Waals surface area contributed by atoms with E-state index in [-0.39, 0.29) is 21.5 Å². The van der Waals surface area contributed by atoms with E-state index in [1.807, 2.05) is 0 Å². The first kappa shape index (κ1) is 13.0. The summed E-state index contributed by atoms with van der Waals surface area (Å²) < 4.78 is 2.62. The van der Waals surface area contributed by atoms with Crippen molar-refractivity contribution in [2.45, 2.75) is 26.8 Å². The molecule has 1 aromatic rings. The second-order valence-corrected chi connectivity index (χ2v) is 6.51. The van der Waals surface area contributed by atoms with E-state index in [2.05, 4.69) is 52.2 Å². The third kappa shape index (κ3) is 5.52. The molecule has 0 bridgehead atoms. The monoisotopic (exact) mass is 318 g/mol. The summed E-state index contributed by atoms with van der Waals surface area (Å²) in [5, 5.41) is 0. The Hall–Kier alpha value is -0.0900. The third-order valence-electron chi connectivity index (χ3n) is 2.39. The van der Waals surface area contributed by atoms with E-state index in [0.717, 1.165) is 12.5 Å². The summed E-state index contributed by atoms with van der Waals surface area (Å²) in [6, 6.07) is 10.8. The molecule has 1 nitrogen and oxygen atoms in total. The number of alkyl halides is 1. The molecule has 0 saturated heterocycles. The van der Waals surface area contributed by atoms with Gasteiger partial charge in [0.15, 0.2) is 0 Å². The second-order valence-electron chi connectivity index (χ2n) is 4.18. The summed E-state index contributed by atoms with van der Waals surface area (Å²) in [5.74, 6) is 0.818. The number of rotatable bonds is 6. The molecule has 0 fully saturated rings. The number of hydrogen-bond donors (Lipinski definition) is 0. The van der Waals surface area contributed by atoms with Crippen molar-refractivity contribution in [1.82, 2.24) is 3.11 Å². The Bertz CT molecular complexity index is 258. The summed E-state index contributed by atoms with van der Waals surface area (Å²) in [6.45, 7) is 7.00. The molecule has 0 aliphatic rings. The molecule has 15 heavy (non-hydrogen) atoms. The average molecular weight is 318 g/mol. The fourth-order valence-corrected chi connectivity index (χ4v) is 2.90. The molecule has 1 rings (SSSR count). The molecular formula is C13H21IN-. The van der Waals surface area contributed by atoms with Crippen LogP contribution in [0, 0.1) is 5.92 Å². The molecule has 0 radical (unpaired) electrons. The first-order chi connectivity index (χ1) is 7.22. The van der Waals surface area contributed by atoms with Gasteiger partial charge >= 0.3 is 105 Å². The minimum absolute atomic E-state index is 0.217. The van der Waals surface area contributed by atoms with E-state index >= 15 is 0 Å². The van der Waals surface area contributed by atoms with E-state index in [4.69, 9.17) is 0 Å². The Balaban J connectivity index is 2.40. The zero-order valence-corrected chi connectivity index (χ0v) is 12.1. The summed E-state index contributed by atoms with van der Waals surface area (Å²) in [4.78, 5) is 2.35. The van der Waals surface area contributed by atoms with Crippen LogP contribution in [-0.4, -0.2) is 14.6 Å². The standard InChI is InChI=1S/C13H21IN/c1-12(2)9-10-15(14-3)11-13-7-5-4-6-8-13/h4-8,12H,9-11H2,1-3H3/q-1. The average Bonchev–Trinajstić information content (AvgIpc) is 2.25. The van der Waals surface area contributed by atoms with Gasteiger partial charge in [0.05, 0.1) is 0 Å². The van der Waals surface area contributed by atoms with E-state index in [9.17, 15) is 0 Å². The van der Waals surface area contributed by atoms with Gasteiger partial charge in [-0.25, -0.2) is 0 Å². The van der Waals surface area contributed by atoms with Crippen molar-refractivity contribution in [3.8, 4) is 0 Å². The molecule has 1 aromatic carbocycles. The van der Waals surface area contributed by atoms with Gasteiger partial charge in [0, 0.05) is 0 Å². The molecule has 0 saturated carbocycles. The zero-order chi connectivity index (χ0) is 11.1. The van der Waals surface area contributed by atoms with Gasteiger partial charge in [-0.15, -0.1) is 0 Å². The summed E-state index contributed by atoms with van der Waals surface area (Å²) >= 11 is 0.217. The van der Waals surface area contributed by atoms with Gasteiger partial charge in [-0.3, -0.25) is 0 Å². The molecule has 0 spiro atoms. The summed E-state index contributed by atoms with van der Waals surface area (Å²) in [7, 11) is 0. The van der Waals surface area contributed by atoms with Gasteiger partial charge in [-0.1, -0.05) is 0 Å². The Labute approximate surface area is 104 Å². The number of halogens is 1. The number of nitrogens with zero attached hydrogens (tertiary/aromatic N) is 1. The topological polar surface area (TPSA) is 3.24 Å². The quantitative estimate of drug-likeness (QED) is 0.411. The fourth-order valence-electron chi connectivity index (χ4n) is 1.40. The van der Waals surface area contributed by atoms with Crippen molar-refractivity contribution in [3.63, 3.8) is 0 Å². The molecule has 86 valence electrons. The van der Waals surface area contributed by atoms with Crippen LogP contribution in [0.25, 0.3) is 0 Å². The van der Waals surface area contributed by atoms with Crippen LogP contribution in [0.4, 0.5) is 0 Å². The van der Waals surface area contributed by atoms with Gasteiger partial charge in [0.2, 0.25) is 0 Å². The molecule has 0 amide bonds. The molecule has 0 aliphatic heterocycles. The zero-order valence-electron chi connectivity index (χ0n) is 9.91. The predicted octanol–water partition coefficient (Wildman–Crippen LogP) is 0.169. The third-order valence-corrected chi connectivity index (χ3v) is 4.57. The van der Waals surface area contributed by atoms with E-state index in [0.29, 0.717) is 0 Å². The molecular weight excluding hydrogens is 297 g/mol. The second kappa shape index (κ2) is 7.23. The Morgan fingerprint density at radius 2 is 1.87 bits per heavy atom. The van der Waals surface area contributed by atoms with Crippen molar-refractivity contribution in [3.05, 3.63) is 35.9 Å². The number of hydrogen-bond acceptors (Lipinski definition) is 1. The molecule has 0 aromatic heterocycles. The molecule has 2 heteroatoms. The van der Waals surface area contributed by atoms with Gasteiger partial charge < -0.3 is 0 Å². The Morgan fingerprint density at radius 1 is 1.20 bits per heavy atom. The normalized spacial score (nSPS) is 11.5. The van der Waals surface area contributed by atoms with Crippen LogP contribution in [-0.2, 0) is 6.54 Å². The maximum atomic E-state index is 2.62. The first-order valence-electron chi connectivity index (χ1n) is 5.51. The predicted molar refractivity (Wildman–Crippen MR) is 62.2 cm³/mol. The molecule has 0 unspecified atom stereocenters. The fraction of sp³-hybridized carbons (Fsp3) is 0.538. The van der Waals surface area contributed by atoms with Gasteiger partial charge in [0.1, 0.15) is 0 Å².